The average molecular weight is 382 g/mol. The Kier molecular flexibility index (Phi) is 7.04. The highest BCUT2D eigenvalue weighted by Crippen LogP contribution is 2.31. The van der Waals surface area contributed by atoms with Gasteiger partial charge in [0.05, 0.1) is 0 Å². The van der Waals surface area contributed by atoms with Gasteiger partial charge >= 0.3 is 0 Å². The maximum absolute atomic E-state index is 9.60. The molecule has 0 saturated heterocycles. The summed E-state index contributed by atoms with van der Waals surface area (Å²) < 4.78 is 6.11. The molecule has 5 nitrogen and oxygen atoms in total. The lowest BCUT2D eigenvalue weighted by Crippen LogP contribution is -2.22. The number of nitrogens with zero attached hydrogens (tertiary/aromatic N) is 2. The minimum Gasteiger partial charge on any atom is -0.439 e. The highest BCUT2D eigenvalue weighted by atomic mass is 16.5. The third kappa shape index (κ3) is 5.32. The summed E-state index contributed by atoms with van der Waals surface area (Å²) in [5.74, 6) is 2.73. The van der Waals surface area contributed by atoms with Crippen molar-refractivity contribution in [1.82, 2.24) is 10.5 Å². The highest BCUT2D eigenvalue weighted by molar-refractivity contribution is 5.98. The van der Waals surface area contributed by atoms with Gasteiger partial charge in [-0.3, -0.25) is 15.7 Å². The molecule has 1 heterocycles. The van der Waals surface area contributed by atoms with Crippen LogP contribution in [0, 0.1) is 12.8 Å². The molecule has 1 saturated carbocycles. The molecule has 3 rings (SSSR count). The van der Waals surface area contributed by atoms with Crippen LogP contribution in [0.1, 0.15) is 68.6 Å². The number of benzene rings is 1. The third-order valence-electron chi connectivity index (χ3n) is 5.35. The fourth-order valence-electron chi connectivity index (χ4n) is 3.71. The predicted octanol–water partition coefficient (Wildman–Crippen LogP) is 5.61. The topological polar surface area (TPSA) is 66.7 Å². The number of pyridine rings is 1. The second-order valence-corrected chi connectivity index (χ2v) is 7.99. The molecule has 1 fully saturated rings. The Bertz CT molecular complexity index is 811. The second-order valence-electron chi connectivity index (χ2n) is 7.99. The number of aryl methyl sites for hydroxylation is 1. The number of aliphatic imine (C=N–C) groups is 1. The maximum Gasteiger partial charge on any atom is 0.219 e. The molecule has 150 valence electrons. The first-order valence-electron chi connectivity index (χ1n) is 10.3. The zero-order valence-corrected chi connectivity index (χ0v) is 17.1. The maximum atomic E-state index is 9.60. The van der Waals surface area contributed by atoms with Gasteiger partial charge in [-0.2, -0.15) is 0 Å². The van der Waals surface area contributed by atoms with E-state index in [4.69, 9.17) is 4.74 Å². The van der Waals surface area contributed by atoms with E-state index in [1.807, 2.05) is 25.1 Å². The van der Waals surface area contributed by atoms with Crippen molar-refractivity contribution in [3.8, 4) is 11.6 Å². The molecule has 0 aliphatic heterocycles. The molecule has 0 bridgehead atoms. The number of rotatable bonds is 6. The van der Waals surface area contributed by atoms with Gasteiger partial charge in [-0.05, 0) is 54.9 Å². The van der Waals surface area contributed by atoms with Crippen LogP contribution in [0.5, 0.6) is 11.6 Å². The summed E-state index contributed by atoms with van der Waals surface area (Å²) in [6.07, 6.45) is 8.02. The lowest BCUT2D eigenvalue weighted by atomic mass is 9.89. The smallest absolute Gasteiger partial charge is 0.219 e. The van der Waals surface area contributed by atoms with E-state index in [1.54, 1.807) is 6.20 Å². The summed E-state index contributed by atoms with van der Waals surface area (Å²) in [5.41, 5.74) is 5.30. The molecule has 1 aromatic heterocycles. The zero-order chi connectivity index (χ0) is 19.9. The quantitative estimate of drug-likeness (QED) is 0.388. The zero-order valence-electron chi connectivity index (χ0n) is 17.1. The SMILES string of the molecule is Cc1ccc(C(C)C)c(Oc2cc(C(=NCC3CCCCC3)NO)ccn2)c1. The molecule has 0 radical (unpaired) electrons. The van der Waals surface area contributed by atoms with Gasteiger partial charge in [-0.1, -0.05) is 45.2 Å². The fourth-order valence-corrected chi connectivity index (χ4v) is 3.71. The molecule has 0 amide bonds. The summed E-state index contributed by atoms with van der Waals surface area (Å²) in [7, 11) is 0. The molecule has 1 aromatic carbocycles. The Morgan fingerprint density at radius 1 is 1.21 bits per heavy atom. The van der Waals surface area contributed by atoms with Gasteiger partial charge in [0.25, 0.3) is 0 Å². The first-order chi connectivity index (χ1) is 13.6. The van der Waals surface area contributed by atoms with Gasteiger partial charge in [0.15, 0.2) is 5.84 Å². The van der Waals surface area contributed by atoms with Crippen LogP contribution in [0.2, 0.25) is 0 Å². The number of aromatic nitrogens is 1. The average Bonchev–Trinajstić information content (AvgIpc) is 2.69. The van der Waals surface area contributed by atoms with Crippen molar-refractivity contribution in [2.24, 2.45) is 10.9 Å². The van der Waals surface area contributed by atoms with Crippen molar-refractivity contribution in [3.63, 3.8) is 0 Å². The van der Waals surface area contributed by atoms with E-state index in [0.717, 1.165) is 29.0 Å². The van der Waals surface area contributed by atoms with E-state index in [9.17, 15) is 5.21 Å². The number of hydrogen-bond donors (Lipinski definition) is 2. The molecule has 1 aliphatic rings. The molecule has 28 heavy (non-hydrogen) atoms. The minimum atomic E-state index is 0.352. The standard InChI is InChI=1S/C23H31N3O2/c1-16(2)20-10-9-17(3)13-21(20)28-22-14-19(11-12-24-22)23(26-27)25-15-18-7-5-4-6-8-18/h9-14,16,18,27H,4-8,15H2,1-3H3,(H,25,26). The Hall–Kier alpha value is -2.40. The van der Waals surface area contributed by atoms with Crippen LogP contribution >= 0.6 is 0 Å². The monoisotopic (exact) mass is 381 g/mol. The highest BCUT2D eigenvalue weighted by Gasteiger charge is 2.14. The molecule has 0 unspecified atom stereocenters. The number of hydroxylamine groups is 1. The molecular weight excluding hydrogens is 350 g/mol. The summed E-state index contributed by atoms with van der Waals surface area (Å²) in [6, 6.07) is 9.88. The van der Waals surface area contributed by atoms with Crippen LogP contribution in [0.15, 0.2) is 41.5 Å². The number of ether oxygens (including phenoxy) is 1. The van der Waals surface area contributed by atoms with Gasteiger partial charge in [0.1, 0.15) is 5.75 Å². The van der Waals surface area contributed by atoms with Crippen molar-refractivity contribution < 1.29 is 9.94 Å². The molecule has 1 aliphatic carbocycles. The lowest BCUT2D eigenvalue weighted by molar-refractivity contribution is 0.234. The molecule has 0 spiro atoms. The Morgan fingerprint density at radius 2 is 2.00 bits per heavy atom. The Labute approximate surface area is 167 Å². The first-order valence-corrected chi connectivity index (χ1v) is 10.3. The van der Waals surface area contributed by atoms with Crippen molar-refractivity contribution in [2.45, 2.75) is 58.8 Å². The van der Waals surface area contributed by atoms with Crippen LogP contribution < -0.4 is 10.2 Å². The molecule has 0 atom stereocenters. The molecule has 5 heteroatoms. The van der Waals surface area contributed by atoms with E-state index in [0.29, 0.717) is 23.6 Å². The van der Waals surface area contributed by atoms with Gasteiger partial charge < -0.3 is 4.74 Å². The summed E-state index contributed by atoms with van der Waals surface area (Å²) >= 11 is 0. The van der Waals surface area contributed by atoms with Crippen molar-refractivity contribution in [3.05, 3.63) is 53.2 Å². The fraction of sp³-hybridized carbons (Fsp3) is 0.478. The van der Waals surface area contributed by atoms with Crippen molar-refractivity contribution in [2.75, 3.05) is 6.54 Å². The Morgan fingerprint density at radius 3 is 2.71 bits per heavy atom. The molecule has 2 aromatic rings. The normalized spacial score (nSPS) is 15.7. The predicted molar refractivity (Wildman–Crippen MR) is 112 cm³/mol. The molecule has 2 N–H and O–H groups in total. The largest absolute Gasteiger partial charge is 0.439 e. The summed E-state index contributed by atoms with van der Waals surface area (Å²) in [6.45, 7) is 7.07. The Balaban J connectivity index is 1.78. The minimum absolute atomic E-state index is 0.352. The van der Waals surface area contributed by atoms with Gasteiger partial charge in [-0.15, -0.1) is 0 Å². The second kappa shape index (κ2) is 9.69. The van der Waals surface area contributed by atoms with Crippen LogP contribution in [-0.2, 0) is 0 Å². The third-order valence-corrected chi connectivity index (χ3v) is 5.35. The van der Waals surface area contributed by atoms with Crippen LogP contribution in [0.3, 0.4) is 0 Å². The van der Waals surface area contributed by atoms with Gasteiger partial charge in [-0.25, -0.2) is 4.98 Å². The van der Waals surface area contributed by atoms with Crippen LogP contribution in [0.25, 0.3) is 0 Å². The lowest BCUT2D eigenvalue weighted by Gasteiger charge is -2.20. The summed E-state index contributed by atoms with van der Waals surface area (Å²) in [4.78, 5) is 8.96. The first kappa shape index (κ1) is 20.3. The van der Waals surface area contributed by atoms with Crippen LogP contribution in [-0.4, -0.2) is 22.6 Å². The van der Waals surface area contributed by atoms with E-state index in [-0.39, 0.29) is 0 Å². The number of amidine groups is 1. The van der Waals surface area contributed by atoms with E-state index >= 15 is 0 Å². The van der Waals surface area contributed by atoms with E-state index < -0.39 is 0 Å². The number of nitrogens with one attached hydrogen (secondary N) is 1. The van der Waals surface area contributed by atoms with E-state index in [2.05, 4.69) is 41.4 Å². The van der Waals surface area contributed by atoms with Gasteiger partial charge in [0, 0.05) is 24.4 Å². The van der Waals surface area contributed by atoms with E-state index in [1.165, 1.54) is 32.1 Å². The van der Waals surface area contributed by atoms with Gasteiger partial charge in [0.2, 0.25) is 5.88 Å². The van der Waals surface area contributed by atoms with Crippen molar-refractivity contribution in [1.29, 1.82) is 0 Å². The summed E-state index contributed by atoms with van der Waals surface area (Å²) in [5, 5.41) is 9.60. The number of hydrogen-bond acceptors (Lipinski definition) is 4. The van der Waals surface area contributed by atoms with Crippen LogP contribution in [0.4, 0.5) is 0 Å². The van der Waals surface area contributed by atoms with Crippen molar-refractivity contribution >= 4 is 5.84 Å². The molecular formula is C23H31N3O2.